The molecule has 0 aromatic heterocycles. The molecule has 0 aliphatic heterocycles. The molecule has 1 atom stereocenters. The van der Waals surface area contributed by atoms with Crippen molar-refractivity contribution in [1.82, 2.24) is 4.90 Å². The Morgan fingerprint density at radius 2 is 2.20 bits per heavy atom. The molecular weight excluding hydrogens is 272 g/mol. The molecule has 110 valence electrons. The summed E-state index contributed by atoms with van der Waals surface area (Å²) in [7, 11) is 1.75. The highest BCUT2D eigenvalue weighted by Crippen LogP contribution is 2.15. The van der Waals surface area contributed by atoms with E-state index in [0.29, 0.717) is 29.5 Å². The first kappa shape index (κ1) is 16.4. The Morgan fingerprint density at radius 3 is 2.80 bits per heavy atom. The van der Waals surface area contributed by atoms with Crippen LogP contribution < -0.4 is 10.5 Å². The van der Waals surface area contributed by atoms with Crippen LogP contribution in [0.3, 0.4) is 0 Å². The molecule has 0 saturated carbocycles. The first-order chi connectivity index (χ1) is 9.45. The molecule has 1 rings (SSSR count). The van der Waals surface area contributed by atoms with Crippen molar-refractivity contribution in [2.24, 2.45) is 11.7 Å². The van der Waals surface area contributed by atoms with Gasteiger partial charge in [0.2, 0.25) is 0 Å². The van der Waals surface area contributed by atoms with E-state index in [1.54, 1.807) is 24.1 Å². The Balaban J connectivity index is 2.73. The summed E-state index contributed by atoms with van der Waals surface area (Å²) >= 11 is 4.93. The molecule has 0 radical (unpaired) electrons. The van der Waals surface area contributed by atoms with Crippen molar-refractivity contribution in [3.8, 4) is 5.75 Å². The summed E-state index contributed by atoms with van der Waals surface area (Å²) in [6.45, 7) is 5.10. The molecule has 0 aliphatic rings. The summed E-state index contributed by atoms with van der Waals surface area (Å²) in [5.41, 5.74) is 6.18. The first-order valence-corrected chi connectivity index (χ1v) is 7.14. The molecule has 20 heavy (non-hydrogen) atoms. The van der Waals surface area contributed by atoms with Gasteiger partial charge in [0, 0.05) is 25.1 Å². The molecule has 0 heterocycles. The van der Waals surface area contributed by atoms with Crippen molar-refractivity contribution < 1.29 is 9.53 Å². The maximum absolute atomic E-state index is 12.3. The topological polar surface area (TPSA) is 55.6 Å². The Bertz CT molecular complexity index is 477. The average Bonchev–Trinajstić information content (AvgIpc) is 2.44. The van der Waals surface area contributed by atoms with E-state index in [1.807, 2.05) is 26.0 Å². The molecule has 0 spiro atoms. The molecule has 0 bridgehead atoms. The van der Waals surface area contributed by atoms with Crippen molar-refractivity contribution in [3.63, 3.8) is 0 Å². The molecule has 1 unspecified atom stereocenters. The fraction of sp³-hybridized carbons (Fsp3) is 0.467. The second-order valence-electron chi connectivity index (χ2n) is 4.87. The van der Waals surface area contributed by atoms with Crippen LogP contribution in [0.15, 0.2) is 24.3 Å². The lowest BCUT2D eigenvalue weighted by atomic mass is 10.1. The van der Waals surface area contributed by atoms with Crippen LogP contribution in [-0.2, 0) is 0 Å². The maximum atomic E-state index is 12.3. The number of benzene rings is 1. The lowest BCUT2D eigenvalue weighted by Crippen LogP contribution is -2.35. The van der Waals surface area contributed by atoms with Crippen LogP contribution in [0.4, 0.5) is 0 Å². The third-order valence-electron chi connectivity index (χ3n) is 2.93. The van der Waals surface area contributed by atoms with Crippen LogP contribution in [0.25, 0.3) is 0 Å². The number of hydrogen-bond acceptors (Lipinski definition) is 3. The smallest absolute Gasteiger partial charge is 0.253 e. The van der Waals surface area contributed by atoms with Crippen LogP contribution in [0.5, 0.6) is 5.75 Å². The van der Waals surface area contributed by atoms with Crippen LogP contribution in [0, 0.1) is 5.92 Å². The fourth-order valence-electron chi connectivity index (χ4n) is 1.74. The van der Waals surface area contributed by atoms with Gasteiger partial charge in [-0.2, -0.15) is 0 Å². The molecule has 4 nitrogen and oxygen atoms in total. The van der Waals surface area contributed by atoms with Gasteiger partial charge >= 0.3 is 0 Å². The van der Waals surface area contributed by atoms with Crippen LogP contribution in [0.2, 0.25) is 0 Å². The quantitative estimate of drug-likeness (QED) is 0.785. The van der Waals surface area contributed by atoms with Gasteiger partial charge in [-0.3, -0.25) is 4.79 Å². The number of carbonyl (C=O) groups is 1. The van der Waals surface area contributed by atoms with E-state index in [4.69, 9.17) is 22.7 Å². The van der Waals surface area contributed by atoms with Crippen LogP contribution in [0.1, 0.15) is 30.6 Å². The molecule has 1 aromatic rings. The third kappa shape index (κ3) is 4.81. The Morgan fingerprint density at radius 1 is 1.50 bits per heavy atom. The monoisotopic (exact) mass is 294 g/mol. The Kier molecular flexibility index (Phi) is 6.45. The molecule has 0 fully saturated rings. The SMILES string of the molecule is CCCOc1cccc(C(=O)N(C)CC(C)C(N)=S)c1. The molecule has 1 amide bonds. The Labute approximate surface area is 125 Å². The number of amides is 1. The number of rotatable bonds is 7. The zero-order valence-electron chi connectivity index (χ0n) is 12.3. The minimum Gasteiger partial charge on any atom is -0.494 e. The second-order valence-corrected chi connectivity index (χ2v) is 5.34. The van der Waals surface area contributed by atoms with Gasteiger partial charge in [-0.1, -0.05) is 32.1 Å². The van der Waals surface area contributed by atoms with Crippen molar-refractivity contribution in [2.75, 3.05) is 20.2 Å². The predicted molar refractivity (Wildman–Crippen MR) is 85.1 cm³/mol. The lowest BCUT2D eigenvalue weighted by molar-refractivity contribution is 0.0786. The van der Waals surface area contributed by atoms with Crippen molar-refractivity contribution in [2.45, 2.75) is 20.3 Å². The summed E-state index contributed by atoms with van der Waals surface area (Å²) in [5.74, 6) is 0.655. The highest BCUT2D eigenvalue weighted by molar-refractivity contribution is 7.80. The normalized spacial score (nSPS) is 11.8. The van der Waals surface area contributed by atoms with E-state index in [2.05, 4.69) is 0 Å². The van der Waals surface area contributed by atoms with Gasteiger partial charge in [0.1, 0.15) is 5.75 Å². The average molecular weight is 294 g/mol. The lowest BCUT2D eigenvalue weighted by Gasteiger charge is -2.21. The molecule has 0 aliphatic carbocycles. The van der Waals surface area contributed by atoms with Gasteiger partial charge in [0.15, 0.2) is 0 Å². The van der Waals surface area contributed by atoms with Gasteiger partial charge in [0.25, 0.3) is 5.91 Å². The van der Waals surface area contributed by atoms with Gasteiger partial charge < -0.3 is 15.4 Å². The fourth-order valence-corrected chi connectivity index (χ4v) is 1.82. The van der Waals surface area contributed by atoms with E-state index < -0.39 is 0 Å². The largest absolute Gasteiger partial charge is 0.494 e. The van der Waals surface area contributed by atoms with Crippen molar-refractivity contribution in [1.29, 1.82) is 0 Å². The van der Waals surface area contributed by atoms with E-state index in [9.17, 15) is 4.79 Å². The van der Waals surface area contributed by atoms with Crippen LogP contribution in [-0.4, -0.2) is 36.0 Å². The molecule has 5 heteroatoms. The van der Waals surface area contributed by atoms with E-state index in [0.717, 1.165) is 6.42 Å². The zero-order chi connectivity index (χ0) is 15.1. The summed E-state index contributed by atoms with van der Waals surface area (Å²) in [6.07, 6.45) is 0.934. The van der Waals surface area contributed by atoms with E-state index >= 15 is 0 Å². The molecule has 2 N–H and O–H groups in total. The number of ether oxygens (including phenoxy) is 1. The summed E-state index contributed by atoms with van der Waals surface area (Å²) in [6, 6.07) is 7.22. The van der Waals surface area contributed by atoms with Gasteiger partial charge in [0.05, 0.1) is 11.6 Å². The number of nitrogens with two attached hydrogens (primary N) is 1. The van der Waals surface area contributed by atoms with Crippen LogP contribution >= 0.6 is 12.2 Å². The third-order valence-corrected chi connectivity index (χ3v) is 3.34. The standard InChI is InChI=1S/C15H22N2O2S/c1-4-8-19-13-7-5-6-12(9-13)15(18)17(3)10-11(2)14(16)20/h5-7,9,11H,4,8,10H2,1-3H3,(H2,16,20). The number of carbonyl (C=O) groups excluding carboxylic acids is 1. The number of thiocarbonyl (C=S) groups is 1. The van der Waals surface area contributed by atoms with Gasteiger partial charge in [-0.25, -0.2) is 0 Å². The summed E-state index contributed by atoms with van der Waals surface area (Å²) < 4.78 is 5.53. The minimum absolute atomic E-state index is 0.00141. The number of nitrogens with zero attached hydrogens (tertiary/aromatic N) is 1. The molecule has 0 saturated heterocycles. The summed E-state index contributed by atoms with van der Waals surface area (Å²) in [5, 5.41) is 0. The minimum atomic E-state index is -0.0601. The Hall–Kier alpha value is -1.62. The first-order valence-electron chi connectivity index (χ1n) is 6.73. The van der Waals surface area contributed by atoms with E-state index in [1.165, 1.54) is 0 Å². The van der Waals surface area contributed by atoms with Gasteiger partial charge in [-0.05, 0) is 24.6 Å². The maximum Gasteiger partial charge on any atom is 0.253 e. The second kappa shape index (κ2) is 7.85. The predicted octanol–water partition coefficient (Wildman–Crippen LogP) is 2.47. The zero-order valence-corrected chi connectivity index (χ0v) is 13.1. The molecular formula is C15H22N2O2S. The summed E-state index contributed by atoms with van der Waals surface area (Å²) in [4.78, 5) is 14.4. The van der Waals surface area contributed by atoms with Crippen molar-refractivity contribution >= 4 is 23.1 Å². The van der Waals surface area contributed by atoms with Gasteiger partial charge in [-0.15, -0.1) is 0 Å². The highest BCUT2D eigenvalue weighted by atomic mass is 32.1. The van der Waals surface area contributed by atoms with E-state index in [-0.39, 0.29) is 11.8 Å². The molecule has 1 aromatic carbocycles. The number of hydrogen-bond donors (Lipinski definition) is 1. The van der Waals surface area contributed by atoms with Crippen molar-refractivity contribution in [3.05, 3.63) is 29.8 Å². The highest BCUT2D eigenvalue weighted by Gasteiger charge is 2.16.